The van der Waals surface area contributed by atoms with Crippen molar-refractivity contribution in [1.82, 2.24) is 14.5 Å². The molecule has 1 N–H and O–H groups in total. The van der Waals surface area contributed by atoms with Crippen LogP contribution in [0.5, 0.6) is 0 Å². The van der Waals surface area contributed by atoms with E-state index in [1.165, 1.54) is 6.33 Å². The fourth-order valence-corrected chi connectivity index (χ4v) is 19.2. The fraction of sp³-hybridized carbons (Fsp3) is 0.750. The van der Waals surface area contributed by atoms with Crippen LogP contribution in [0.1, 0.15) is 67.7 Å². The van der Waals surface area contributed by atoms with Gasteiger partial charge in [-0.3, -0.25) is 0 Å². The van der Waals surface area contributed by atoms with Crippen molar-refractivity contribution in [2.24, 2.45) is 0 Å². The average Bonchev–Trinajstić information content (AvgIpc) is 3.26. The highest BCUT2D eigenvalue weighted by Gasteiger charge is 2.64. The van der Waals surface area contributed by atoms with Crippen LogP contribution < -0.4 is 0 Å². The van der Waals surface area contributed by atoms with Crippen molar-refractivity contribution < 1.29 is 18.1 Å². The van der Waals surface area contributed by atoms with E-state index >= 15 is 0 Å². The Morgan fingerprint density at radius 1 is 1.06 bits per heavy atom. The van der Waals surface area contributed by atoms with Crippen molar-refractivity contribution in [2.45, 2.75) is 107 Å². The quantitative estimate of drug-likeness (QED) is 0.336. The van der Waals surface area contributed by atoms with Crippen LogP contribution in [0.2, 0.25) is 27.3 Å². The summed E-state index contributed by atoms with van der Waals surface area (Å²) in [6.07, 6.45) is 2.97. The lowest BCUT2D eigenvalue weighted by Crippen LogP contribution is -2.66. The van der Waals surface area contributed by atoms with E-state index in [9.17, 15) is 5.11 Å². The molecule has 0 bridgehead atoms. The summed E-state index contributed by atoms with van der Waals surface area (Å²) in [6, 6.07) is 1.91. The Morgan fingerprint density at radius 2 is 1.66 bits per heavy atom. The van der Waals surface area contributed by atoms with E-state index in [-0.39, 0.29) is 32.8 Å². The topological polar surface area (TPSA) is 78.6 Å². The van der Waals surface area contributed by atoms with Crippen LogP contribution in [0.4, 0.5) is 0 Å². The summed E-state index contributed by atoms with van der Waals surface area (Å²) in [6.45, 7) is 20.1. The second-order valence-corrected chi connectivity index (χ2v) is 21.9. The van der Waals surface area contributed by atoms with Crippen LogP contribution in [-0.4, -0.2) is 60.3 Å². The minimum absolute atomic E-state index is 0.0394. The van der Waals surface area contributed by atoms with Crippen LogP contribution >= 0.6 is 23.4 Å². The summed E-state index contributed by atoms with van der Waals surface area (Å²) in [7, 11) is -5.45. The number of thioether (sulfide) groups is 1. The molecule has 0 unspecified atom stereocenters. The van der Waals surface area contributed by atoms with Crippen LogP contribution in [0.25, 0.3) is 11.0 Å². The van der Waals surface area contributed by atoms with Crippen LogP contribution in [0, 0.1) is 0 Å². The van der Waals surface area contributed by atoms with E-state index in [1.54, 1.807) is 11.8 Å². The first-order chi connectivity index (χ1) is 16.3. The van der Waals surface area contributed by atoms with Gasteiger partial charge in [-0.15, -0.1) is 11.8 Å². The zero-order valence-corrected chi connectivity index (χ0v) is 25.9. The number of aliphatic hydroxyl groups is 1. The van der Waals surface area contributed by atoms with Crippen LogP contribution in [0.3, 0.4) is 0 Å². The van der Waals surface area contributed by atoms with Gasteiger partial charge in [0.05, 0.1) is 23.3 Å². The SMILES string of the molecule is CC(C)[Si]1(C(C)C)OC[C@H]2S[C@@H](n3ccc4c(Cl)ncnc43)[C@](C)(O)[C@@H]2O[Si](C(C)C)(C(C)C)O1. The highest BCUT2D eigenvalue weighted by molar-refractivity contribution is 8.00. The average molecular weight is 558 g/mol. The number of aromatic nitrogens is 3. The largest absolute Gasteiger partial charge is 0.414 e. The van der Waals surface area contributed by atoms with Gasteiger partial charge in [0.2, 0.25) is 0 Å². The third-order valence-electron chi connectivity index (χ3n) is 7.75. The van der Waals surface area contributed by atoms with Gasteiger partial charge in [0.25, 0.3) is 0 Å². The molecule has 35 heavy (non-hydrogen) atoms. The maximum Gasteiger partial charge on any atom is 0.335 e. The second-order valence-electron chi connectivity index (χ2n) is 11.4. The molecule has 0 aliphatic carbocycles. The Hall–Kier alpha value is -0.466. The first-order valence-corrected chi connectivity index (χ1v) is 17.9. The van der Waals surface area contributed by atoms with Gasteiger partial charge in [0, 0.05) is 6.20 Å². The summed E-state index contributed by atoms with van der Waals surface area (Å²) in [5.74, 6) is 0. The standard InChI is InChI=1S/C24H40ClN3O4SSi2/c1-14(2)34(15(3)4)30-12-19-20(31-35(32-34,16(5)6)17(7)8)24(9,29)23(33-19)28-11-10-18-21(25)26-13-27-22(18)28/h10-11,13-17,19-20,23,29H,12H2,1-9H3/t19-,20-,23-,24-/m1/s1. The number of fused-ring (bicyclic) bond motifs is 2. The molecule has 2 aliphatic rings. The van der Waals surface area contributed by atoms with Gasteiger partial charge >= 0.3 is 17.1 Å². The summed E-state index contributed by atoms with van der Waals surface area (Å²) in [4.78, 5) is 8.59. The second kappa shape index (κ2) is 9.69. The highest BCUT2D eigenvalue weighted by atomic mass is 35.5. The van der Waals surface area contributed by atoms with Crippen molar-refractivity contribution in [1.29, 1.82) is 0 Å². The Bertz CT molecular complexity index is 1050. The molecule has 7 nitrogen and oxygen atoms in total. The van der Waals surface area contributed by atoms with E-state index in [0.717, 1.165) is 5.39 Å². The lowest BCUT2D eigenvalue weighted by atomic mass is 9.96. The van der Waals surface area contributed by atoms with E-state index in [4.69, 9.17) is 24.6 Å². The molecule has 2 saturated heterocycles. The van der Waals surface area contributed by atoms with Crippen LogP contribution in [0.15, 0.2) is 18.6 Å². The van der Waals surface area contributed by atoms with Crippen molar-refractivity contribution in [3.8, 4) is 0 Å². The molecule has 4 atom stereocenters. The molecule has 0 aromatic carbocycles. The lowest BCUT2D eigenvalue weighted by Gasteiger charge is -2.52. The Balaban J connectivity index is 1.82. The number of rotatable bonds is 5. The number of halogens is 1. The molecule has 2 aliphatic heterocycles. The Kier molecular flexibility index (Phi) is 7.63. The van der Waals surface area contributed by atoms with Gasteiger partial charge in [-0.2, -0.15) is 0 Å². The molecule has 4 rings (SSSR count). The molecule has 0 amide bonds. The predicted octanol–water partition coefficient (Wildman–Crippen LogP) is 6.41. The van der Waals surface area contributed by atoms with Gasteiger partial charge in [0.15, 0.2) is 0 Å². The summed E-state index contributed by atoms with van der Waals surface area (Å²) >= 11 is 8.03. The zero-order chi connectivity index (χ0) is 25.9. The Labute approximate surface area is 220 Å². The molecule has 196 valence electrons. The van der Waals surface area contributed by atoms with Crippen molar-refractivity contribution in [3.05, 3.63) is 23.7 Å². The highest BCUT2D eigenvalue weighted by Crippen LogP contribution is 2.55. The normalized spacial score (nSPS) is 30.9. The molecule has 0 radical (unpaired) electrons. The minimum Gasteiger partial charge on any atom is -0.414 e. The summed E-state index contributed by atoms with van der Waals surface area (Å²) in [5, 5.41) is 12.9. The van der Waals surface area contributed by atoms with Gasteiger partial charge in [-0.05, 0) is 35.2 Å². The lowest BCUT2D eigenvalue weighted by molar-refractivity contribution is -0.0747. The molecular formula is C24H40ClN3O4SSi2. The first kappa shape index (κ1) is 27.6. The monoisotopic (exact) mass is 557 g/mol. The van der Waals surface area contributed by atoms with E-state index < -0.39 is 28.8 Å². The molecule has 0 saturated carbocycles. The van der Waals surface area contributed by atoms with E-state index in [2.05, 4.69) is 65.4 Å². The molecule has 0 spiro atoms. The fourth-order valence-electron chi connectivity index (χ4n) is 5.81. The maximum atomic E-state index is 12.1. The minimum atomic E-state index is -2.83. The number of hydrogen-bond donors (Lipinski definition) is 1. The molecule has 2 aromatic heterocycles. The first-order valence-electron chi connectivity index (χ1n) is 12.6. The summed E-state index contributed by atoms with van der Waals surface area (Å²) in [5.41, 5.74) is 0.494. The number of hydrogen-bond acceptors (Lipinski definition) is 7. The molecule has 2 fully saturated rings. The molecule has 4 heterocycles. The van der Waals surface area contributed by atoms with Crippen molar-refractivity contribution in [2.75, 3.05) is 6.61 Å². The van der Waals surface area contributed by atoms with Gasteiger partial charge in [-0.1, -0.05) is 67.0 Å². The van der Waals surface area contributed by atoms with Crippen molar-refractivity contribution >= 4 is 51.5 Å². The number of nitrogens with zero attached hydrogens (tertiary/aromatic N) is 3. The van der Waals surface area contributed by atoms with E-state index in [1.807, 2.05) is 23.8 Å². The Morgan fingerprint density at radius 3 is 2.23 bits per heavy atom. The van der Waals surface area contributed by atoms with E-state index in [0.29, 0.717) is 17.4 Å². The zero-order valence-electron chi connectivity index (χ0n) is 22.3. The molecule has 2 aromatic rings. The molecular weight excluding hydrogens is 518 g/mol. The predicted molar refractivity (Wildman–Crippen MR) is 147 cm³/mol. The smallest absolute Gasteiger partial charge is 0.335 e. The van der Waals surface area contributed by atoms with Gasteiger partial charge < -0.3 is 22.6 Å². The van der Waals surface area contributed by atoms with Gasteiger partial charge in [0.1, 0.15) is 28.1 Å². The van der Waals surface area contributed by atoms with Crippen LogP contribution in [-0.2, 0) is 13.0 Å². The third-order valence-corrected chi connectivity index (χ3v) is 20.0. The summed E-state index contributed by atoms with van der Waals surface area (Å²) < 4.78 is 23.4. The van der Waals surface area contributed by atoms with Crippen molar-refractivity contribution in [3.63, 3.8) is 0 Å². The third kappa shape index (κ3) is 4.35. The van der Waals surface area contributed by atoms with Gasteiger partial charge in [-0.25, -0.2) is 9.97 Å². The molecule has 11 heteroatoms. The maximum absolute atomic E-state index is 12.1.